The number of aromatic nitrogens is 1. The van der Waals surface area contributed by atoms with E-state index in [9.17, 15) is 35.9 Å². The number of hydrogen-bond donors (Lipinski definition) is 1. The first-order chi connectivity index (χ1) is 12.5. The normalized spacial score (nSPS) is 15.7. The van der Waals surface area contributed by atoms with Gasteiger partial charge in [-0.15, -0.1) is 0 Å². The van der Waals surface area contributed by atoms with E-state index in [1.54, 1.807) is 13.8 Å². The van der Waals surface area contributed by atoms with Crippen LogP contribution < -0.4 is 10.1 Å². The lowest BCUT2D eigenvalue weighted by Gasteiger charge is -2.33. The van der Waals surface area contributed by atoms with Crippen LogP contribution in [-0.2, 0) is 21.9 Å². The van der Waals surface area contributed by atoms with E-state index in [2.05, 4.69) is 10.3 Å². The fraction of sp³-hybridized carbons (Fsp3) is 0.588. The molecule has 2 unspecified atom stereocenters. The van der Waals surface area contributed by atoms with Gasteiger partial charge in [0.1, 0.15) is 0 Å². The van der Waals surface area contributed by atoms with Crippen LogP contribution in [0, 0.1) is 5.92 Å². The zero-order valence-corrected chi connectivity index (χ0v) is 15.7. The van der Waals surface area contributed by atoms with Gasteiger partial charge in [0, 0.05) is 12.3 Å². The lowest BCUT2D eigenvalue weighted by atomic mass is 9.84. The van der Waals surface area contributed by atoms with Crippen LogP contribution in [0.1, 0.15) is 45.7 Å². The van der Waals surface area contributed by atoms with E-state index in [1.165, 1.54) is 20.8 Å². The fourth-order valence-electron chi connectivity index (χ4n) is 2.19. The maximum atomic E-state index is 13.0. The summed E-state index contributed by atoms with van der Waals surface area (Å²) in [6, 6.07) is 0.0826. The van der Waals surface area contributed by atoms with Gasteiger partial charge in [-0.3, -0.25) is 9.59 Å². The number of hydrogen-bond acceptors (Lipinski definition) is 4. The van der Waals surface area contributed by atoms with Crippen molar-refractivity contribution in [2.24, 2.45) is 5.92 Å². The van der Waals surface area contributed by atoms with Crippen molar-refractivity contribution in [1.82, 2.24) is 10.3 Å². The Morgan fingerprint density at radius 3 is 1.93 bits per heavy atom. The number of amides is 1. The minimum Gasteiger partial charge on any atom is -0.465 e. The number of alkyl halides is 6. The van der Waals surface area contributed by atoms with Crippen LogP contribution in [0.25, 0.3) is 0 Å². The lowest BCUT2D eigenvalue weighted by Crippen LogP contribution is -2.57. The molecule has 2 atom stereocenters. The third-order valence-corrected chi connectivity index (χ3v) is 4.43. The van der Waals surface area contributed by atoms with Gasteiger partial charge in [0.2, 0.25) is 5.88 Å². The van der Waals surface area contributed by atoms with Gasteiger partial charge in [0.15, 0.2) is 11.9 Å². The van der Waals surface area contributed by atoms with Gasteiger partial charge in [0.25, 0.3) is 5.91 Å². The third kappa shape index (κ3) is 5.35. The second-order valence-electron chi connectivity index (χ2n) is 6.73. The van der Waals surface area contributed by atoms with Crippen molar-refractivity contribution in [3.05, 3.63) is 23.4 Å². The fourth-order valence-corrected chi connectivity index (χ4v) is 2.19. The first-order valence-electron chi connectivity index (χ1n) is 8.14. The van der Waals surface area contributed by atoms with Crippen molar-refractivity contribution in [2.75, 3.05) is 0 Å². The summed E-state index contributed by atoms with van der Waals surface area (Å²) in [5.41, 5.74) is -5.19. The molecule has 0 saturated heterocycles. The van der Waals surface area contributed by atoms with Crippen LogP contribution in [-0.4, -0.2) is 28.3 Å². The van der Waals surface area contributed by atoms with Crippen molar-refractivity contribution in [1.29, 1.82) is 0 Å². The summed E-state index contributed by atoms with van der Waals surface area (Å²) in [7, 11) is 0. The van der Waals surface area contributed by atoms with Gasteiger partial charge in [-0.2, -0.15) is 26.3 Å². The highest BCUT2D eigenvalue weighted by atomic mass is 19.4. The molecule has 0 aliphatic carbocycles. The van der Waals surface area contributed by atoms with Crippen LogP contribution >= 0.6 is 0 Å². The molecule has 1 amide bonds. The Balaban J connectivity index is 3.11. The topological polar surface area (TPSA) is 68.3 Å². The summed E-state index contributed by atoms with van der Waals surface area (Å²) in [6.07, 6.45) is -12.0. The molecule has 0 fully saturated rings. The van der Waals surface area contributed by atoms with Crippen LogP contribution in [0.3, 0.4) is 0 Å². The molecule has 5 nitrogen and oxygen atoms in total. The number of Topliss-reactive ketones (excluding diaryl/α,β-unsaturated/α-hetero) is 1. The number of ketones is 1. The summed E-state index contributed by atoms with van der Waals surface area (Å²) in [5.74, 6) is -2.30. The van der Waals surface area contributed by atoms with Crippen molar-refractivity contribution in [2.45, 2.75) is 58.6 Å². The molecule has 0 aliphatic heterocycles. The van der Waals surface area contributed by atoms with Crippen LogP contribution in [0.5, 0.6) is 5.88 Å². The SMILES string of the molecule is CC(=O)C(C)(NC(=O)C(C)Oc1cc(C(F)(F)F)c(C(F)(F)F)cn1)C(C)C. The molecule has 1 aromatic heterocycles. The first-order valence-corrected chi connectivity index (χ1v) is 8.14. The Labute approximate surface area is 157 Å². The third-order valence-electron chi connectivity index (χ3n) is 4.43. The standard InChI is InChI=1S/C17H20F6N2O3/c1-8(2)15(5,10(4)26)25-14(27)9(3)28-13-6-11(16(18,19)20)12(7-24-13)17(21,22)23/h6-9H,1-5H3,(H,25,27). The monoisotopic (exact) mass is 414 g/mol. The van der Waals surface area contributed by atoms with E-state index in [0.29, 0.717) is 0 Å². The maximum Gasteiger partial charge on any atom is 0.418 e. The summed E-state index contributed by atoms with van der Waals surface area (Å²) in [6.45, 7) is 7.27. The van der Waals surface area contributed by atoms with Gasteiger partial charge >= 0.3 is 12.4 Å². The van der Waals surface area contributed by atoms with Crippen molar-refractivity contribution < 1.29 is 40.7 Å². The number of nitrogens with zero attached hydrogens (tertiary/aromatic N) is 1. The van der Waals surface area contributed by atoms with Gasteiger partial charge in [-0.05, 0) is 26.7 Å². The number of ether oxygens (including phenoxy) is 1. The number of nitrogens with one attached hydrogen (secondary N) is 1. The van der Waals surface area contributed by atoms with Gasteiger partial charge in [-0.25, -0.2) is 4.98 Å². The van der Waals surface area contributed by atoms with E-state index in [1.807, 2.05) is 0 Å². The zero-order valence-electron chi connectivity index (χ0n) is 15.7. The highest BCUT2D eigenvalue weighted by molar-refractivity contribution is 5.92. The first kappa shape index (κ1) is 23.7. The van der Waals surface area contributed by atoms with Crippen molar-refractivity contribution in [3.8, 4) is 5.88 Å². The summed E-state index contributed by atoms with van der Waals surface area (Å²) >= 11 is 0. The van der Waals surface area contributed by atoms with Crippen molar-refractivity contribution in [3.63, 3.8) is 0 Å². The highest BCUT2D eigenvalue weighted by Crippen LogP contribution is 2.41. The molecule has 0 aliphatic rings. The van der Waals surface area contributed by atoms with E-state index in [-0.39, 0.29) is 24.0 Å². The summed E-state index contributed by atoms with van der Waals surface area (Å²) < 4.78 is 82.1. The molecule has 1 rings (SSSR count). The lowest BCUT2D eigenvalue weighted by molar-refractivity contribution is -0.162. The summed E-state index contributed by atoms with van der Waals surface area (Å²) in [4.78, 5) is 27.3. The number of rotatable bonds is 6. The highest BCUT2D eigenvalue weighted by Gasteiger charge is 2.44. The van der Waals surface area contributed by atoms with Crippen LogP contribution in [0.2, 0.25) is 0 Å². The molecule has 0 saturated carbocycles. The summed E-state index contributed by atoms with van der Waals surface area (Å²) in [5, 5.41) is 2.45. The van der Waals surface area contributed by atoms with E-state index >= 15 is 0 Å². The molecule has 0 bridgehead atoms. The molecular formula is C17H20F6N2O3. The Kier molecular flexibility index (Phi) is 6.74. The van der Waals surface area contributed by atoms with Gasteiger partial charge < -0.3 is 10.1 Å². The molecule has 0 aromatic carbocycles. The molecule has 1 heterocycles. The quantitative estimate of drug-likeness (QED) is 0.715. The molecular weight excluding hydrogens is 394 g/mol. The number of carbonyl (C=O) groups is 2. The molecule has 1 aromatic rings. The molecule has 1 N–H and O–H groups in total. The second kappa shape index (κ2) is 7.96. The minimum atomic E-state index is -5.30. The van der Waals surface area contributed by atoms with Gasteiger partial charge in [0.05, 0.1) is 16.7 Å². The molecule has 0 radical (unpaired) electrons. The van der Waals surface area contributed by atoms with E-state index in [0.717, 1.165) is 0 Å². The number of carbonyl (C=O) groups excluding carboxylic acids is 2. The predicted octanol–water partition coefficient (Wildman–Crippen LogP) is 4.01. The predicted molar refractivity (Wildman–Crippen MR) is 86.4 cm³/mol. The van der Waals surface area contributed by atoms with E-state index in [4.69, 9.17) is 4.74 Å². The molecule has 158 valence electrons. The van der Waals surface area contributed by atoms with Crippen LogP contribution in [0.4, 0.5) is 26.3 Å². The second-order valence-corrected chi connectivity index (χ2v) is 6.73. The molecule has 28 heavy (non-hydrogen) atoms. The Hall–Kier alpha value is -2.33. The average molecular weight is 414 g/mol. The van der Waals surface area contributed by atoms with Gasteiger partial charge in [-0.1, -0.05) is 13.8 Å². The number of halogens is 6. The largest absolute Gasteiger partial charge is 0.465 e. The Morgan fingerprint density at radius 2 is 1.54 bits per heavy atom. The van der Waals surface area contributed by atoms with Crippen LogP contribution in [0.15, 0.2) is 12.3 Å². The number of pyridine rings is 1. The maximum absolute atomic E-state index is 13.0. The molecule has 0 spiro atoms. The molecule has 11 heteroatoms. The Bertz CT molecular complexity index is 745. The Morgan fingerprint density at radius 1 is 1.04 bits per heavy atom. The average Bonchev–Trinajstić information content (AvgIpc) is 2.52. The van der Waals surface area contributed by atoms with Crippen molar-refractivity contribution >= 4 is 11.7 Å². The zero-order chi connectivity index (χ0) is 22.1. The smallest absolute Gasteiger partial charge is 0.418 e. The van der Waals surface area contributed by atoms with E-state index < -0.39 is 46.9 Å². The minimum absolute atomic E-state index is 0.00339.